The van der Waals surface area contributed by atoms with Gasteiger partial charge in [0.25, 0.3) is 0 Å². The van der Waals surface area contributed by atoms with Gasteiger partial charge in [-0.2, -0.15) is 0 Å². The predicted molar refractivity (Wildman–Crippen MR) is 89.1 cm³/mol. The molecule has 2 N–H and O–H groups in total. The average Bonchev–Trinajstić information content (AvgIpc) is 2.36. The Morgan fingerprint density at radius 1 is 1.45 bits per heavy atom. The molecule has 0 bridgehead atoms. The summed E-state index contributed by atoms with van der Waals surface area (Å²) in [4.78, 5) is 14.4. The minimum absolute atomic E-state index is 0.0176. The zero-order chi connectivity index (χ0) is 14.7. The van der Waals surface area contributed by atoms with E-state index in [-0.39, 0.29) is 5.91 Å². The zero-order valence-corrected chi connectivity index (χ0v) is 14.8. The predicted octanol–water partition coefficient (Wildman–Crippen LogP) is 2.75. The highest BCUT2D eigenvalue weighted by Gasteiger charge is 2.21. The summed E-state index contributed by atoms with van der Waals surface area (Å²) in [5, 5.41) is 6.30. The van der Waals surface area contributed by atoms with E-state index in [4.69, 9.17) is 0 Å². The first-order valence-corrected chi connectivity index (χ1v) is 8.26. The lowest BCUT2D eigenvalue weighted by atomic mass is 10.2. The summed E-state index contributed by atoms with van der Waals surface area (Å²) < 4.78 is 1.79. The van der Waals surface area contributed by atoms with E-state index in [1.165, 1.54) is 0 Å². The third kappa shape index (κ3) is 4.04. The molecule has 0 unspecified atom stereocenters. The van der Waals surface area contributed by atoms with Gasteiger partial charge in [0.15, 0.2) is 0 Å². The number of carbonyl (C=O) groups is 1. The van der Waals surface area contributed by atoms with E-state index in [0.29, 0.717) is 12.6 Å². The maximum Gasteiger partial charge on any atom is 0.238 e. The van der Waals surface area contributed by atoms with Gasteiger partial charge < -0.3 is 10.6 Å². The largest absolute Gasteiger partial charge is 0.323 e. The molecular formula is C14H19Br2N3O. The molecule has 1 amide bonds. The normalized spacial score (nSPS) is 19.9. The number of anilines is 1. The summed E-state index contributed by atoms with van der Waals surface area (Å²) in [6.45, 7) is 7.36. The van der Waals surface area contributed by atoms with Crippen molar-refractivity contribution in [2.24, 2.45) is 0 Å². The maximum atomic E-state index is 12.2. The molecule has 1 aromatic rings. The minimum atomic E-state index is 0.0176. The molecule has 20 heavy (non-hydrogen) atoms. The van der Waals surface area contributed by atoms with Crippen LogP contribution in [0, 0.1) is 6.92 Å². The number of aryl methyl sites for hydroxylation is 1. The zero-order valence-electron chi connectivity index (χ0n) is 11.7. The van der Waals surface area contributed by atoms with Crippen LogP contribution in [0.2, 0.25) is 0 Å². The molecule has 1 aromatic carbocycles. The minimum Gasteiger partial charge on any atom is -0.323 e. The van der Waals surface area contributed by atoms with Crippen LogP contribution in [0.15, 0.2) is 21.1 Å². The molecule has 2 rings (SSSR count). The number of nitrogens with one attached hydrogen (secondary N) is 2. The van der Waals surface area contributed by atoms with Crippen molar-refractivity contribution in [1.29, 1.82) is 0 Å². The van der Waals surface area contributed by atoms with E-state index in [1.807, 2.05) is 19.1 Å². The van der Waals surface area contributed by atoms with E-state index in [9.17, 15) is 4.79 Å². The van der Waals surface area contributed by atoms with Crippen LogP contribution in [-0.2, 0) is 4.79 Å². The van der Waals surface area contributed by atoms with Gasteiger partial charge in [-0.25, -0.2) is 0 Å². The van der Waals surface area contributed by atoms with Gasteiger partial charge in [-0.15, -0.1) is 0 Å². The molecule has 1 aliphatic heterocycles. The monoisotopic (exact) mass is 403 g/mol. The molecule has 0 saturated carbocycles. The first kappa shape index (κ1) is 15.9. The molecule has 0 aromatic heterocycles. The van der Waals surface area contributed by atoms with Crippen molar-refractivity contribution < 1.29 is 4.79 Å². The van der Waals surface area contributed by atoms with Gasteiger partial charge in [-0.1, -0.05) is 0 Å². The summed E-state index contributed by atoms with van der Waals surface area (Å²) in [5.74, 6) is 0.0176. The Morgan fingerprint density at radius 2 is 2.10 bits per heavy atom. The summed E-state index contributed by atoms with van der Waals surface area (Å²) in [7, 11) is 0. The van der Waals surface area contributed by atoms with Crippen LogP contribution in [0.25, 0.3) is 0 Å². The van der Waals surface area contributed by atoms with Gasteiger partial charge >= 0.3 is 0 Å². The van der Waals surface area contributed by atoms with E-state index in [1.54, 1.807) is 0 Å². The Morgan fingerprint density at radius 3 is 2.70 bits per heavy atom. The standard InChI is InChI=1S/C14H19Br2N3O/c1-9-5-11(15)14(12(16)6-9)18-13(20)8-19-4-3-17-7-10(19)2/h5-6,10,17H,3-4,7-8H2,1-2H3,(H,18,20)/t10-/m0/s1. The van der Waals surface area contributed by atoms with Gasteiger partial charge in [0, 0.05) is 34.6 Å². The van der Waals surface area contributed by atoms with Crippen LogP contribution in [0.3, 0.4) is 0 Å². The molecule has 0 aliphatic carbocycles. The number of piperazine rings is 1. The molecule has 1 heterocycles. The molecule has 1 saturated heterocycles. The Labute approximate surface area is 136 Å². The first-order valence-electron chi connectivity index (χ1n) is 6.67. The van der Waals surface area contributed by atoms with Gasteiger partial charge in [0.1, 0.15) is 0 Å². The van der Waals surface area contributed by atoms with E-state index < -0.39 is 0 Å². The lowest BCUT2D eigenvalue weighted by Crippen LogP contribution is -2.52. The van der Waals surface area contributed by atoms with E-state index in [2.05, 4.69) is 54.3 Å². The third-order valence-electron chi connectivity index (χ3n) is 3.44. The van der Waals surface area contributed by atoms with Gasteiger partial charge in [0.2, 0.25) is 5.91 Å². The second-order valence-electron chi connectivity index (χ2n) is 5.18. The van der Waals surface area contributed by atoms with Crippen LogP contribution in [0.5, 0.6) is 0 Å². The van der Waals surface area contributed by atoms with Crippen LogP contribution in [-0.4, -0.2) is 43.0 Å². The lowest BCUT2D eigenvalue weighted by molar-refractivity contribution is -0.118. The fraction of sp³-hybridized carbons (Fsp3) is 0.500. The highest BCUT2D eigenvalue weighted by Crippen LogP contribution is 2.32. The number of rotatable bonds is 3. The van der Waals surface area contributed by atoms with Crippen LogP contribution in [0.4, 0.5) is 5.69 Å². The number of hydrogen-bond acceptors (Lipinski definition) is 3. The summed E-state index contributed by atoms with van der Waals surface area (Å²) in [5.41, 5.74) is 1.93. The van der Waals surface area contributed by atoms with Crippen molar-refractivity contribution >= 4 is 43.5 Å². The number of benzene rings is 1. The number of nitrogens with zero attached hydrogens (tertiary/aromatic N) is 1. The number of hydrogen-bond donors (Lipinski definition) is 2. The van der Waals surface area contributed by atoms with Crippen molar-refractivity contribution in [3.63, 3.8) is 0 Å². The molecule has 0 spiro atoms. The smallest absolute Gasteiger partial charge is 0.238 e. The molecule has 110 valence electrons. The quantitative estimate of drug-likeness (QED) is 0.813. The fourth-order valence-electron chi connectivity index (χ4n) is 2.30. The van der Waals surface area contributed by atoms with E-state index >= 15 is 0 Å². The average molecular weight is 405 g/mol. The Hall–Kier alpha value is -0.430. The summed E-state index contributed by atoms with van der Waals surface area (Å²) in [6, 6.07) is 4.38. The molecule has 6 heteroatoms. The maximum absolute atomic E-state index is 12.2. The SMILES string of the molecule is Cc1cc(Br)c(NC(=O)CN2CCNC[C@@H]2C)c(Br)c1. The molecule has 1 aliphatic rings. The first-order chi connectivity index (χ1) is 9.47. The molecule has 4 nitrogen and oxygen atoms in total. The number of amides is 1. The highest BCUT2D eigenvalue weighted by molar-refractivity contribution is 9.11. The van der Waals surface area contributed by atoms with Crippen molar-refractivity contribution in [3.8, 4) is 0 Å². The molecule has 1 fully saturated rings. The van der Waals surface area contributed by atoms with Crippen LogP contribution < -0.4 is 10.6 Å². The van der Waals surface area contributed by atoms with Crippen molar-refractivity contribution in [2.75, 3.05) is 31.5 Å². The third-order valence-corrected chi connectivity index (χ3v) is 4.69. The number of carbonyl (C=O) groups excluding carboxylic acids is 1. The fourth-order valence-corrected chi connectivity index (χ4v) is 3.91. The lowest BCUT2D eigenvalue weighted by Gasteiger charge is -2.33. The second-order valence-corrected chi connectivity index (χ2v) is 6.88. The van der Waals surface area contributed by atoms with Gasteiger partial charge in [-0.3, -0.25) is 9.69 Å². The second kappa shape index (κ2) is 7.02. The highest BCUT2D eigenvalue weighted by atomic mass is 79.9. The van der Waals surface area contributed by atoms with Crippen LogP contribution in [0.1, 0.15) is 12.5 Å². The summed E-state index contributed by atoms with van der Waals surface area (Å²) >= 11 is 6.99. The Kier molecular flexibility index (Phi) is 5.60. The van der Waals surface area contributed by atoms with Crippen molar-refractivity contribution in [1.82, 2.24) is 10.2 Å². The topological polar surface area (TPSA) is 44.4 Å². The Balaban J connectivity index is 2.01. The van der Waals surface area contributed by atoms with E-state index in [0.717, 1.165) is 39.8 Å². The van der Waals surface area contributed by atoms with Crippen LogP contribution >= 0.6 is 31.9 Å². The van der Waals surface area contributed by atoms with Gasteiger partial charge in [0.05, 0.1) is 12.2 Å². The molecule has 1 atom stereocenters. The number of halogens is 2. The molecular weight excluding hydrogens is 386 g/mol. The molecule has 0 radical (unpaired) electrons. The van der Waals surface area contributed by atoms with Crippen molar-refractivity contribution in [3.05, 3.63) is 26.6 Å². The summed E-state index contributed by atoms with van der Waals surface area (Å²) in [6.07, 6.45) is 0. The Bertz CT molecular complexity index is 484. The van der Waals surface area contributed by atoms with Gasteiger partial charge in [-0.05, 0) is 63.4 Å². The van der Waals surface area contributed by atoms with Crippen molar-refractivity contribution in [2.45, 2.75) is 19.9 Å².